The van der Waals surface area contributed by atoms with E-state index in [9.17, 15) is 0 Å². The fraction of sp³-hybridized carbons (Fsp3) is 0.250. The lowest BCUT2D eigenvalue weighted by molar-refractivity contribution is 0.586. The zero-order chi connectivity index (χ0) is 11.9. The van der Waals surface area contributed by atoms with Gasteiger partial charge in [0.15, 0.2) is 0 Å². The Hall–Kier alpha value is -1.76. The maximum atomic E-state index is 3.47. The first-order valence-electron chi connectivity index (χ1n) is 6.11. The summed E-state index contributed by atoms with van der Waals surface area (Å²) in [4.78, 5) is 0. The van der Waals surface area contributed by atoms with Crippen molar-refractivity contribution in [3.8, 4) is 11.1 Å². The predicted octanol–water partition coefficient (Wildman–Crippen LogP) is 4.06. The number of benzene rings is 2. The lowest BCUT2D eigenvalue weighted by atomic mass is 9.85. The Morgan fingerprint density at radius 3 is 2.47 bits per heavy atom. The van der Waals surface area contributed by atoms with Gasteiger partial charge in [0.2, 0.25) is 0 Å². The van der Waals surface area contributed by atoms with Crippen molar-refractivity contribution in [2.45, 2.75) is 19.3 Å². The number of anilines is 1. The van der Waals surface area contributed by atoms with E-state index in [1.807, 2.05) is 0 Å². The van der Waals surface area contributed by atoms with Gasteiger partial charge >= 0.3 is 0 Å². The van der Waals surface area contributed by atoms with Crippen molar-refractivity contribution in [3.05, 3.63) is 54.1 Å². The summed E-state index contributed by atoms with van der Waals surface area (Å²) in [6.45, 7) is 5.61. The molecule has 0 fully saturated rings. The van der Waals surface area contributed by atoms with Gasteiger partial charge < -0.3 is 5.32 Å². The van der Waals surface area contributed by atoms with Crippen LogP contribution in [0.1, 0.15) is 19.4 Å². The van der Waals surface area contributed by atoms with Crippen LogP contribution >= 0.6 is 0 Å². The number of hydrogen-bond donors (Lipinski definition) is 1. The van der Waals surface area contributed by atoms with Gasteiger partial charge in [-0.15, -0.1) is 0 Å². The van der Waals surface area contributed by atoms with Crippen LogP contribution < -0.4 is 5.32 Å². The normalized spacial score (nSPS) is 16.4. The van der Waals surface area contributed by atoms with Gasteiger partial charge in [-0.05, 0) is 28.8 Å². The van der Waals surface area contributed by atoms with Crippen molar-refractivity contribution in [3.63, 3.8) is 0 Å². The molecule has 0 amide bonds. The summed E-state index contributed by atoms with van der Waals surface area (Å²) < 4.78 is 0. The van der Waals surface area contributed by atoms with Crippen molar-refractivity contribution >= 4 is 5.69 Å². The van der Waals surface area contributed by atoms with Gasteiger partial charge in [-0.3, -0.25) is 0 Å². The molecule has 1 aliphatic heterocycles. The van der Waals surface area contributed by atoms with Crippen LogP contribution in [0.2, 0.25) is 0 Å². The molecule has 0 aliphatic carbocycles. The third-order valence-corrected chi connectivity index (χ3v) is 3.58. The highest BCUT2D eigenvalue weighted by molar-refractivity contribution is 5.71. The zero-order valence-electron chi connectivity index (χ0n) is 10.3. The third kappa shape index (κ3) is 1.72. The Bertz CT molecular complexity index is 541. The van der Waals surface area contributed by atoms with E-state index in [-0.39, 0.29) is 5.41 Å². The number of fused-ring (bicyclic) bond motifs is 1. The third-order valence-electron chi connectivity index (χ3n) is 3.58. The molecule has 0 saturated heterocycles. The second-order valence-electron chi connectivity index (χ2n) is 5.36. The first-order valence-corrected chi connectivity index (χ1v) is 6.11. The average molecular weight is 223 g/mol. The zero-order valence-corrected chi connectivity index (χ0v) is 10.3. The molecule has 0 atom stereocenters. The minimum absolute atomic E-state index is 0.236. The van der Waals surface area contributed by atoms with Crippen molar-refractivity contribution in [2.24, 2.45) is 0 Å². The molecule has 3 rings (SSSR count). The molecule has 1 aliphatic rings. The summed E-state index contributed by atoms with van der Waals surface area (Å²) in [5.41, 5.74) is 5.55. The first kappa shape index (κ1) is 10.4. The van der Waals surface area contributed by atoms with Crippen LogP contribution in [-0.2, 0) is 5.41 Å². The van der Waals surface area contributed by atoms with Gasteiger partial charge in [-0.1, -0.05) is 50.2 Å². The van der Waals surface area contributed by atoms with Crippen molar-refractivity contribution in [2.75, 3.05) is 11.9 Å². The van der Waals surface area contributed by atoms with E-state index in [1.165, 1.54) is 22.4 Å². The Balaban J connectivity index is 2.11. The molecule has 0 radical (unpaired) electrons. The highest BCUT2D eigenvalue weighted by atomic mass is 14.9. The lowest BCUT2D eigenvalue weighted by Gasteiger charge is -2.17. The molecule has 86 valence electrons. The van der Waals surface area contributed by atoms with E-state index in [2.05, 4.69) is 67.7 Å². The molecule has 2 aromatic carbocycles. The fourth-order valence-electron chi connectivity index (χ4n) is 2.48. The van der Waals surface area contributed by atoms with Gasteiger partial charge in [-0.2, -0.15) is 0 Å². The molecule has 0 unspecified atom stereocenters. The van der Waals surface area contributed by atoms with Crippen LogP contribution in [0.4, 0.5) is 5.69 Å². The van der Waals surface area contributed by atoms with Crippen LogP contribution in [0.15, 0.2) is 48.5 Å². The van der Waals surface area contributed by atoms with Gasteiger partial charge in [-0.25, -0.2) is 0 Å². The molecule has 0 bridgehead atoms. The first-order chi connectivity index (χ1) is 8.17. The molecule has 17 heavy (non-hydrogen) atoms. The van der Waals surface area contributed by atoms with E-state index in [0.717, 1.165) is 6.54 Å². The number of nitrogens with one attached hydrogen (secondary N) is 1. The highest BCUT2D eigenvalue weighted by Crippen LogP contribution is 2.38. The van der Waals surface area contributed by atoms with Gasteiger partial charge in [0, 0.05) is 17.6 Å². The Morgan fingerprint density at radius 2 is 1.71 bits per heavy atom. The largest absolute Gasteiger partial charge is 0.384 e. The maximum absolute atomic E-state index is 3.47. The molecule has 1 N–H and O–H groups in total. The Morgan fingerprint density at radius 1 is 0.941 bits per heavy atom. The van der Waals surface area contributed by atoms with Crippen molar-refractivity contribution in [1.29, 1.82) is 0 Å². The quantitative estimate of drug-likeness (QED) is 0.768. The monoisotopic (exact) mass is 223 g/mol. The standard InChI is InChI=1S/C16H17N/c1-16(2)11-17-15-9-8-13(10-14(15)16)12-6-4-3-5-7-12/h3-10,17H,11H2,1-2H3. The summed E-state index contributed by atoms with van der Waals surface area (Å²) in [7, 11) is 0. The molecular formula is C16H17N. The summed E-state index contributed by atoms with van der Waals surface area (Å²) in [5, 5.41) is 3.47. The van der Waals surface area contributed by atoms with E-state index >= 15 is 0 Å². The van der Waals surface area contributed by atoms with Crippen LogP contribution in [0.5, 0.6) is 0 Å². The molecule has 1 heterocycles. The van der Waals surface area contributed by atoms with Crippen LogP contribution in [0.3, 0.4) is 0 Å². The maximum Gasteiger partial charge on any atom is 0.0379 e. The molecule has 1 heteroatoms. The summed E-state index contributed by atoms with van der Waals surface area (Å²) in [6.07, 6.45) is 0. The topological polar surface area (TPSA) is 12.0 Å². The minimum Gasteiger partial charge on any atom is -0.384 e. The van der Waals surface area contributed by atoms with Crippen LogP contribution in [-0.4, -0.2) is 6.54 Å². The second-order valence-corrected chi connectivity index (χ2v) is 5.36. The minimum atomic E-state index is 0.236. The van der Waals surface area contributed by atoms with Crippen LogP contribution in [0.25, 0.3) is 11.1 Å². The van der Waals surface area contributed by atoms with Gasteiger partial charge in [0.05, 0.1) is 0 Å². The smallest absolute Gasteiger partial charge is 0.0379 e. The lowest BCUT2D eigenvalue weighted by Crippen LogP contribution is -2.18. The van der Waals surface area contributed by atoms with Crippen molar-refractivity contribution in [1.82, 2.24) is 0 Å². The van der Waals surface area contributed by atoms with E-state index < -0.39 is 0 Å². The predicted molar refractivity (Wildman–Crippen MR) is 73.4 cm³/mol. The van der Waals surface area contributed by atoms with Crippen molar-refractivity contribution < 1.29 is 0 Å². The molecule has 0 saturated carbocycles. The average Bonchev–Trinajstić information content (AvgIpc) is 2.66. The SMILES string of the molecule is CC1(C)CNc2ccc(-c3ccccc3)cc21. The Labute approximate surface area is 102 Å². The van der Waals surface area contributed by atoms with E-state index in [4.69, 9.17) is 0 Å². The molecule has 2 aromatic rings. The van der Waals surface area contributed by atoms with E-state index in [1.54, 1.807) is 0 Å². The second kappa shape index (κ2) is 3.63. The number of rotatable bonds is 1. The molecule has 1 nitrogen and oxygen atoms in total. The van der Waals surface area contributed by atoms with Gasteiger partial charge in [0.25, 0.3) is 0 Å². The number of hydrogen-bond acceptors (Lipinski definition) is 1. The van der Waals surface area contributed by atoms with Crippen LogP contribution in [0, 0.1) is 0 Å². The Kier molecular flexibility index (Phi) is 2.22. The summed E-state index contributed by atoms with van der Waals surface area (Å²) in [5.74, 6) is 0. The molecular weight excluding hydrogens is 206 g/mol. The molecule has 0 spiro atoms. The fourth-order valence-corrected chi connectivity index (χ4v) is 2.48. The summed E-state index contributed by atoms with van der Waals surface area (Å²) in [6, 6.07) is 17.3. The summed E-state index contributed by atoms with van der Waals surface area (Å²) >= 11 is 0. The van der Waals surface area contributed by atoms with E-state index in [0.29, 0.717) is 0 Å². The van der Waals surface area contributed by atoms with Gasteiger partial charge in [0.1, 0.15) is 0 Å². The highest BCUT2D eigenvalue weighted by Gasteiger charge is 2.29. The molecule has 0 aromatic heterocycles.